The highest BCUT2D eigenvalue weighted by molar-refractivity contribution is 8.00. The summed E-state index contributed by atoms with van der Waals surface area (Å²) in [4.78, 5) is 26.0. The van der Waals surface area contributed by atoms with Gasteiger partial charge in [-0.2, -0.15) is 0 Å². The number of amides is 1. The van der Waals surface area contributed by atoms with Crippen molar-refractivity contribution in [2.75, 3.05) is 24.3 Å². The van der Waals surface area contributed by atoms with E-state index in [-0.39, 0.29) is 16.8 Å². The molecule has 0 spiro atoms. The number of hydrogen-bond acceptors (Lipinski definition) is 5. The van der Waals surface area contributed by atoms with Crippen LogP contribution >= 0.6 is 11.8 Å². The lowest BCUT2D eigenvalue weighted by Crippen LogP contribution is -2.24. The van der Waals surface area contributed by atoms with Gasteiger partial charge >= 0.3 is 5.69 Å². The van der Waals surface area contributed by atoms with Gasteiger partial charge in [0.15, 0.2) is 5.16 Å². The molecule has 0 saturated heterocycles. The van der Waals surface area contributed by atoms with Gasteiger partial charge in [-0.25, -0.2) is 9.89 Å². The van der Waals surface area contributed by atoms with Crippen LogP contribution < -0.4 is 15.9 Å². The molecule has 2 aromatic rings. The number of hydrogen-bond donors (Lipinski definition) is 2. The van der Waals surface area contributed by atoms with E-state index in [9.17, 15) is 9.59 Å². The van der Waals surface area contributed by atoms with Crippen molar-refractivity contribution in [1.29, 1.82) is 0 Å². The number of carbonyl (C=O) groups is 1. The molecule has 1 amide bonds. The van der Waals surface area contributed by atoms with Crippen LogP contribution in [-0.2, 0) is 11.3 Å². The van der Waals surface area contributed by atoms with Gasteiger partial charge in [0.25, 0.3) is 0 Å². The number of nitrogens with zero attached hydrogens (tertiary/aromatic N) is 3. The summed E-state index contributed by atoms with van der Waals surface area (Å²) in [5.74, 6) is -0.129. The second-order valence-corrected chi connectivity index (χ2v) is 6.96. The quantitative estimate of drug-likeness (QED) is 0.749. The Kier molecular flexibility index (Phi) is 6.08. The first-order valence-corrected chi connectivity index (χ1v) is 8.70. The summed E-state index contributed by atoms with van der Waals surface area (Å²) in [6, 6.07) is 7.62. The molecular weight excluding hydrogens is 326 g/mol. The molecule has 1 unspecified atom stereocenters. The molecule has 0 bridgehead atoms. The summed E-state index contributed by atoms with van der Waals surface area (Å²) in [5.41, 5.74) is 1.56. The van der Waals surface area contributed by atoms with Crippen LogP contribution in [0, 0.1) is 0 Å². The van der Waals surface area contributed by atoms with Gasteiger partial charge in [0.05, 0.1) is 5.25 Å². The van der Waals surface area contributed by atoms with Crippen LogP contribution in [0.25, 0.3) is 0 Å². The summed E-state index contributed by atoms with van der Waals surface area (Å²) in [6.45, 7) is 4.36. The lowest BCUT2D eigenvalue weighted by atomic mass is 10.2. The third-order valence-electron chi connectivity index (χ3n) is 3.47. The van der Waals surface area contributed by atoms with Gasteiger partial charge in [0, 0.05) is 32.0 Å². The van der Waals surface area contributed by atoms with Crippen LogP contribution in [0.1, 0.15) is 20.3 Å². The Bertz CT molecular complexity index is 736. The minimum absolute atomic E-state index is 0.129. The molecule has 0 fully saturated rings. The largest absolute Gasteiger partial charge is 0.378 e. The topological polar surface area (TPSA) is 83.0 Å². The maximum absolute atomic E-state index is 12.3. The fraction of sp³-hybridized carbons (Fsp3) is 0.438. The summed E-state index contributed by atoms with van der Waals surface area (Å²) >= 11 is 1.27. The van der Waals surface area contributed by atoms with Crippen LogP contribution in [0.15, 0.2) is 34.2 Å². The van der Waals surface area contributed by atoms with Crippen molar-refractivity contribution >= 4 is 29.0 Å². The van der Waals surface area contributed by atoms with E-state index in [1.54, 1.807) is 11.5 Å². The van der Waals surface area contributed by atoms with E-state index in [0.29, 0.717) is 11.7 Å². The third-order valence-corrected chi connectivity index (χ3v) is 4.56. The summed E-state index contributed by atoms with van der Waals surface area (Å²) < 4.78 is 1.56. The molecule has 7 nitrogen and oxygen atoms in total. The number of nitrogens with one attached hydrogen (secondary N) is 2. The summed E-state index contributed by atoms with van der Waals surface area (Å²) in [6.07, 6.45) is 0.825. The van der Waals surface area contributed by atoms with Gasteiger partial charge in [0.1, 0.15) is 0 Å². The molecule has 0 saturated carbocycles. The zero-order valence-electron chi connectivity index (χ0n) is 14.4. The normalized spacial score (nSPS) is 12.0. The number of rotatable bonds is 7. The van der Waals surface area contributed by atoms with E-state index in [1.165, 1.54) is 11.8 Å². The Balaban J connectivity index is 2.01. The molecule has 1 aromatic carbocycles. The van der Waals surface area contributed by atoms with Crippen LogP contribution in [-0.4, -0.2) is 40.0 Å². The average molecular weight is 349 g/mol. The van der Waals surface area contributed by atoms with Crippen molar-refractivity contribution in [3.63, 3.8) is 0 Å². The highest BCUT2D eigenvalue weighted by Gasteiger charge is 2.19. The van der Waals surface area contributed by atoms with Gasteiger partial charge in [0.2, 0.25) is 5.91 Å². The predicted molar refractivity (Wildman–Crippen MR) is 97.9 cm³/mol. The van der Waals surface area contributed by atoms with Crippen LogP contribution in [0.3, 0.4) is 0 Å². The molecule has 1 heterocycles. The van der Waals surface area contributed by atoms with Crippen molar-refractivity contribution in [1.82, 2.24) is 14.8 Å². The standard InChI is InChI=1S/C16H23N5O2S/c1-5-10-21-15(23)18-19-16(21)24-11(2)14(22)17-12-6-8-13(9-7-12)20(3)4/h6-9,11H,5,10H2,1-4H3,(H,17,22)(H,18,23). The Morgan fingerprint density at radius 3 is 2.62 bits per heavy atom. The first kappa shape index (κ1) is 18.1. The smallest absolute Gasteiger partial charge is 0.343 e. The maximum Gasteiger partial charge on any atom is 0.343 e. The lowest BCUT2D eigenvalue weighted by Gasteiger charge is -2.14. The van der Waals surface area contributed by atoms with Crippen LogP contribution in [0.2, 0.25) is 0 Å². The maximum atomic E-state index is 12.3. The zero-order valence-corrected chi connectivity index (χ0v) is 15.2. The second kappa shape index (κ2) is 8.05. The zero-order chi connectivity index (χ0) is 17.7. The van der Waals surface area contributed by atoms with E-state index in [1.807, 2.05) is 50.2 Å². The molecule has 0 radical (unpaired) electrons. The first-order valence-electron chi connectivity index (χ1n) is 7.82. The molecule has 130 valence electrons. The Labute approximate surface area is 145 Å². The molecule has 2 rings (SSSR count). The van der Waals surface area contributed by atoms with Gasteiger partial charge in [-0.3, -0.25) is 9.36 Å². The predicted octanol–water partition coefficient (Wildman–Crippen LogP) is 2.17. The summed E-state index contributed by atoms with van der Waals surface area (Å²) in [7, 11) is 3.93. The van der Waals surface area contributed by atoms with E-state index in [0.717, 1.165) is 17.8 Å². The van der Waals surface area contributed by atoms with Gasteiger partial charge in [-0.15, -0.1) is 5.10 Å². The molecule has 0 aliphatic heterocycles. The second-order valence-electron chi connectivity index (χ2n) is 5.65. The van der Waals surface area contributed by atoms with Crippen LogP contribution in [0.5, 0.6) is 0 Å². The van der Waals surface area contributed by atoms with Gasteiger partial charge in [-0.1, -0.05) is 18.7 Å². The number of H-pyrrole nitrogens is 1. The third kappa shape index (κ3) is 4.41. The van der Waals surface area contributed by atoms with Crippen molar-refractivity contribution in [3.8, 4) is 0 Å². The number of anilines is 2. The Morgan fingerprint density at radius 2 is 2.04 bits per heavy atom. The number of thioether (sulfide) groups is 1. The first-order chi connectivity index (χ1) is 11.4. The van der Waals surface area contributed by atoms with Crippen molar-refractivity contribution in [2.24, 2.45) is 0 Å². The number of aromatic amines is 1. The summed E-state index contributed by atoms with van der Waals surface area (Å²) in [5, 5.41) is 9.48. The average Bonchev–Trinajstić information content (AvgIpc) is 2.89. The molecule has 24 heavy (non-hydrogen) atoms. The SMILES string of the molecule is CCCn1c(SC(C)C(=O)Nc2ccc(N(C)C)cc2)n[nH]c1=O. The minimum atomic E-state index is -0.371. The molecule has 0 aliphatic carbocycles. The van der Waals surface area contributed by atoms with E-state index in [2.05, 4.69) is 15.5 Å². The molecule has 8 heteroatoms. The molecule has 2 N–H and O–H groups in total. The Hall–Kier alpha value is -2.22. The number of aromatic nitrogens is 3. The fourth-order valence-corrected chi connectivity index (χ4v) is 2.99. The number of carbonyl (C=O) groups excluding carboxylic acids is 1. The molecule has 0 aliphatic rings. The lowest BCUT2D eigenvalue weighted by molar-refractivity contribution is -0.115. The molecule has 1 aromatic heterocycles. The van der Waals surface area contributed by atoms with Crippen molar-refractivity contribution in [3.05, 3.63) is 34.7 Å². The van der Waals surface area contributed by atoms with Crippen LogP contribution in [0.4, 0.5) is 11.4 Å². The highest BCUT2D eigenvalue weighted by Crippen LogP contribution is 2.22. The molecular formula is C16H23N5O2S. The van der Waals surface area contributed by atoms with Crippen molar-refractivity contribution < 1.29 is 4.79 Å². The van der Waals surface area contributed by atoms with Gasteiger partial charge < -0.3 is 10.2 Å². The van der Waals surface area contributed by atoms with Gasteiger partial charge in [-0.05, 0) is 37.6 Å². The minimum Gasteiger partial charge on any atom is -0.378 e. The highest BCUT2D eigenvalue weighted by atomic mass is 32.2. The Morgan fingerprint density at radius 1 is 1.38 bits per heavy atom. The van der Waals surface area contributed by atoms with E-state index < -0.39 is 0 Å². The molecule has 1 atom stereocenters. The number of benzene rings is 1. The van der Waals surface area contributed by atoms with E-state index >= 15 is 0 Å². The van der Waals surface area contributed by atoms with E-state index in [4.69, 9.17) is 0 Å². The van der Waals surface area contributed by atoms with Crippen molar-refractivity contribution in [2.45, 2.75) is 37.2 Å². The fourth-order valence-electron chi connectivity index (χ4n) is 2.11. The monoisotopic (exact) mass is 349 g/mol.